The highest BCUT2D eigenvalue weighted by Crippen LogP contribution is 2.52. The number of rotatable bonds is 8. The van der Waals surface area contributed by atoms with Crippen LogP contribution in [0.3, 0.4) is 0 Å². The molecule has 1 aliphatic carbocycles. The number of amides is 1. The Bertz CT molecular complexity index is 1020. The standard InChI is InChI=1S/C23H33NO7SSi/c1-29-20-16-18(31-33(3,4)5)15-17-12-14-24(32(27,28)19-9-7-6-8-10-19)22(26)23(17,20)13-11-21(25)30-2/h6-10,16-17,20H,11-15H2,1-5H3/t17-,20?,23-/m0/s1. The van der Waals surface area contributed by atoms with Gasteiger partial charge in [-0.1, -0.05) is 18.2 Å². The van der Waals surface area contributed by atoms with Gasteiger partial charge in [0.15, 0.2) is 0 Å². The average Bonchev–Trinajstić information content (AvgIpc) is 2.76. The molecule has 1 fully saturated rings. The SMILES string of the molecule is COC(=O)CC[C@]12C(=O)N(S(=O)(=O)c3ccccc3)CC[C@H]1CC(O[Si](C)(C)C)=CC2OC. The Balaban J connectivity index is 2.07. The van der Waals surface area contributed by atoms with Gasteiger partial charge in [-0.3, -0.25) is 9.59 Å². The molecule has 0 saturated carbocycles. The van der Waals surface area contributed by atoms with E-state index in [0.29, 0.717) is 12.8 Å². The van der Waals surface area contributed by atoms with Gasteiger partial charge >= 0.3 is 5.97 Å². The van der Waals surface area contributed by atoms with Gasteiger partial charge in [-0.05, 0) is 56.6 Å². The lowest BCUT2D eigenvalue weighted by atomic mass is 9.60. The molecular formula is C23H33NO7SSi. The minimum Gasteiger partial charge on any atom is -0.547 e. The Morgan fingerprint density at radius 2 is 1.85 bits per heavy atom. The molecule has 0 N–H and O–H groups in total. The summed E-state index contributed by atoms with van der Waals surface area (Å²) in [6, 6.07) is 7.92. The maximum absolute atomic E-state index is 14.0. The molecule has 1 unspecified atom stereocenters. The van der Waals surface area contributed by atoms with Gasteiger partial charge in [0.25, 0.3) is 10.0 Å². The van der Waals surface area contributed by atoms with Crippen molar-refractivity contribution in [1.29, 1.82) is 0 Å². The number of allylic oxidation sites excluding steroid dienone is 1. The predicted molar refractivity (Wildman–Crippen MR) is 125 cm³/mol. The third-order valence-electron chi connectivity index (χ3n) is 6.32. The van der Waals surface area contributed by atoms with Crippen molar-refractivity contribution in [3.05, 3.63) is 42.2 Å². The summed E-state index contributed by atoms with van der Waals surface area (Å²) in [5.41, 5.74) is -1.21. The summed E-state index contributed by atoms with van der Waals surface area (Å²) in [4.78, 5) is 26.1. The normalized spacial score (nSPS) is 25.8. The van der Waals surface area contributed by atoms with Crippen molar-refractivity contribution >= 4 is 30.2 Å². The van der Waals surface area contributed by atoms with E-state index >= 15 is 0 Å². The van der Waals surface area contributed by atoms with E-state index in [2.05, 4.69) is 19.6 Å². The molecule has 0 aromatic heterocycles. The van der Waals surface area contributed by atoms with Gasteiger partial charge in [0.1, 0.15) is 0 Å². The van der Waals surface area contributed by atoms with E-state index in [4.69, 9.17) is 13.9 Å². The van der Waals surface area contributed by atoms with Crippen LogP contribution >= 0.6 is 0 Å². The Labute approximate surface area is 197 Å². The molecule has 1 amide bonds. The van der Waals surface area contributed by atoms with Crippen molar-refractivity contribution in [2.24, 2.45) is 11.3 Å². The number of nitrogens with zero attached hydrogens (tertiary/aromatic N) is 1. The number of fused-ring (bicyclic) bond motifs is 1. The number of carbonyl (C=O) groups is 2. The third kappa shape index (κ3) is 5.02. The third-order valence-corrected chi connectivity index (χ3v) is 8.99. The number of esters is 1. The number of hydrogen-bond acceptors (Lipinski definition) is 7. The maximum Gasteiger partial charge on any atom is 0.305 e. The number of benzene rings is 1. The lowest BCUT2D eigenvalue weighted by molar-refractivity contribution is -0.160. The van der Waals surface area contributed by atoms with E-state index in [1.165, 1.54) is 26.4 Å². The van der Waals surface area contributed by atoms with E-state index in [-0.39, 0.29) is 30.2 Å². The topological polar surface area (TPSA) is 99.2 Å². The molecule has 3 rings (SSSR count). The number of carbonyl (C=O) groups excluding carboxylic acids is 2. The predicted octanol–water partition coefficient (Wildman–Crippen LogP) is 3.32. The zero-order valence-electron chi connectivity index (χ0n) is 19.9. The van der Waals surface area contributed by atoms with Crippen LogP contribution in [0.4, 0.5) is 0 Å². The van der Waals surface area contributed by atoms with Crippen molar-refractivity contribution in [1.82, 2.24) is 4.31 Å². The van der Waals surface area contributed by atoms with Crippen LogP contribution in [0.1, 0.15) is 25.7 Å². The second kappa shape index (κ2) is 9.59. The quantitative estimate of drug-likeness (QED) is 0.403. The number of ether oxygens (including phenoxy) is 2. The summed E-state index contributed by atoms with van der Waals surface area (Å²) in [7, 11) is -3.17. The number of methoxy groups -OCH3 is 2. The van der Waals surface area contributed by atoms with E-state index < -0.39 is 41.7 Å². The molecule has 1 aliphatic heterocycles. The monoisotopic (exact) mass is 495 g/mol. The largest absolute Gasteiger partial charge is 0.547 e. The van der Waals surface area contributed by atoms with Crippen LogP contribution in [-0.4, -0.2) is 59.8 Å². The van der Waals surface area contributed by atoms with Gasteiger partial charge in [0.2, 0.25) is 14.2 Å². The molecule has 0 radical (unpaired) electrons. The number of sulfonamides is 1. The summed E-state index contributed by atoms with van der Waals surface area (Å²) >= 11 is 0. The molecule has 2 aliphatic rings. The summed E-state index contributed by atoms with van der Waals surface area (Å²) < 4.78 is 44.6. The van der Waals surface area contributed by atoms with E-state index in [1.807, 2.05) is 0 Å². The first kappa shape index (κ1) is 25.4. The molecule has 10 heteroatoms. The fourth-order valence-corrected chi connectivity index (χ4v) is 7.29. The van der Waals surface area contributed by atoms with E-state index in [0.717, 1.165) is 10.1 Å². The fraction of sp³-hybridized carbons (Fsp3) is 0.565. The fourth-order valence-electron chi connectivity index (χ4n) is 4.87. The molecule has 0 bridgehead atoms. The van der Waals surface area contributed by atoms with Crippen molar-refractivity contribution < 1.29 is 31.9 Å². The maximum atomic E-state index is 14.0. The van der Waals surface area contributed by atoms with Gasteiger partial charge in [0.05, 0.1) is 29.3 Å². The smallest absolute Gasteiger partial charge is 0.305 e. The van der Waals surface area contributed by atoms with Gasteiger partial charge in [-0.25, -0.2) is 12.7 Å². The second-order valence-corrected chi connectivity index (χ2v) is 15.8. The van der Waals surface area contributed by atoms with Crippen LogP contribution in [0.25, 0.3) is 0 Å². The summed E-state index contributed by atoms with van der Waals surface area (Å²) in [6.45, 7) is 6.30. The molecule has 8 nitrogen and oxygen atoms in total. The summed E-state index contributed by atoms with van der Waals surface area (Å²) in [5.74, 6) is -0.450. The molecule has 182 valence electrons. The number of hydrogen-bond donors (Lipinski definition) is 0. The Kier molecular flexibility index (Phi) is 7.40. The molecule has 33 heavy (non-hydrogen) atoms. The van der Waals surface area contributed by atoms with Crippen molar-refractivity contribution in [3.63, 3.8) is 0 Å². The van der Waals surface area contributed by atoms with Crippen molar-refractivity contribution in [3.8, 4) is 0 Å². The summed E-state index contributed by atoms with van der Waals surface area (Å²) in [6.07, 6.45) is 2.12. The van der Waals surface area contributed by atoms with Crippen molar-refractivity contribution in [2.75, 3.05) is 20.8 Å². The van der Waals surface area contributed by atoms with Crippen LogP contribution in [0.5, 0.6) is 0 Å². The van der Waals surface area contributed by atoms with Crippen LogP contribution in [0.15, 0.2) is 47.1 Å². The highest BCUT2D eigenvalue weighted by Gasteiger charge is 2.59. The molecule has 3 atom stereocenters. The van der Waals surface area contributed by atoms with Crippen molar-refractivity contribution in [2.45, 2.75) is 56.3 Å². The highest BCUT2D eigenvalue weighted by molar-refractivity contribution is 7.89. The van der Waals surface area contributed by atoms with Crippen LogP contribution in [-0.2, 0) is 33.5 Å². The first-order valence-corrected chi connectivity index (χ1v) is 15.9. The lowest BCUT2D eigenvalue weighted by Crippen LogP contribution is -2.61. The highest BCUT2D eigenvalue weighted by atomic mass is 32.2. The van der Waals surface area contributed by atoms with Crippen LogP contribution < -0.4 is 0 Å². The Hall–Kier alpha value is -2.17. The minimum absolute atomic E-state index is 0.0180. The van der Waals surface area contributed by atoms with Gasteiger partial charge in [-0.15, -0.1) is 0 Å². The molecule has 1 aromatic carbocycles. The van der Waals surface area contributed by atoms with E-state index in [9.17, 15) is 18.0 Å². The summed E-state index contributed by atoms with van der Waals surface area (Å²) in [5, 5.41) is 0. The number of piperidine rings is 1. The molecular weight excluding hydrogens is 462 g/mol. The van der Waals surface area contributed by atoms with Crippen LogP contribution in [0, 0.1) is 11.3 Å². The molecule has 0 spiro atoms. The van der Waals surface area contributed by atoms with Gasteiger partial charge < -0.3 is 13.9 Å². The average molecular weight is 496 g/mol. The van der Waals surface area contributed by atoms with E-state index in [1.54, 1.807) is 24.3 Å². The molecule has 1 saturated heterocycles. The Morgan fingerprint density at radius 3 is 2.42 bits per heavy atom. The first-order chi connectivity index (χ1) is 15.5. The zero-order valence-corrected chi connectivity index (χ0v) is 21.7. The zero-order chi connectivity index (χ0) is 24.4. The molecule has 1 aromatic rings. The van der Waals surface area contributed by atoms with Gasteiger partial charge in [-0.2, -0.15) is 0 Å². The minimum atomic E-state index is -4.05. The van der Waals surface area contributed by atoms with Gasteiger partial charge in [0, 0.05) is 26.5 Å². The first-order valence-electron chi connectivity index (χ1n) is 11.1. The molecule has 1 heterocycles. The second-order valence-electron chi connectivity index (χ2n) is 9.51. The Morgan fingerprint density at radius 1 is 1.18 bits per heavy atom. The lowest BCUT2D eigenvalue weighted by Gasteiger charge is -2.51. The van der Waals surface area contributed by atoms with Crippen LogP contribution in [0.2, 0.25) is 19.6 Å².